The van der Waals surface area contributed by atoms with E-state index in [1.165, 1.54) is 0 Å². The van der Waals surface area contributed by atoms with Crippen molar-refractivity contribution in [3.63, 3.8) is 0 Å². The molecule has 5 nitrogen and oxygen atoms in total. The summed E-state index contributed by atoms with van der Waals surface area (Å²) < 4.78 is 4.77. The Kier molecular flexibility index (Phi) is 7.93. The minimum Gasteiger partial charge on any atom is -0.466 e. The SMILES string of the molecule is CCOC(=O)CCCNC(=O)C1CNC1.Cl. The molecular formula is C10H19ClN2O3. The summed E-state index contributed by atoms with van der Waals surface area (Å²) in [5.74, 6) is 0.00209. The van der Waals surface area contributed by atoms with Crippen LogP contribution in [0.3, 0.4) is 0 Å². The Labute approximate surface area is 102 Å². The quantitative estimate of drug-likeness (QED) is 0.518. The molecule has 0 saturated carbocycles. The molecule has 0 aromatic carbocycles. The third-order valence-electron chi connectivity index (χ3n) is 2.31. The number of carbonyl (C=O) groups is 2. The number of carbonyl (C=O) groups excluding carboxylic acids is 2. The average molecular weight is 251 g/mol. The van der Waals surface area contributed by atoms with Crippen molar-refractivity contribution in [1.82, 2.24) is 10.6 Å². The lowest BCUT2D eigenvalue weighted by Gasteiger charge is -2.25. The lowest BCUT2D eigenvalue weighted by molar-refractivity contribution is -0.143. The van der Waals surface area contributed by atoms with E-state index in [2.05, 4.69) is 10.6 Å². The monoisotopic (exact) mass is 250 g/mol. The van der Waals surface area contributed by atoms with Gasteiger partial charge in [-0.05, 0) is 13.3 Å². The van der Waals surface area contributed by atoms with Crippen LogP contribution in [0.5, 0.6) is 0 Å². The molecule has 6 heteroatoms. The molecule has 0 radical (unpaired) electrons. The Bertz CT molecular complexity index is 232. The predicted molar refractivity (Wildman–Crippen MR) is 62.5 cm³/mol. The minimum atomic E-state index is -0.197. The molecule has 0 aromatic rings. The highest BCUT2D eigenvalue weighted by Gasteiger charge is 2.24. The minimum absolute atomic E-state index is 0. The maximum absolute atomic E-state index is 11.3. The van der Waals surface area contributed by atoms with Gasteiger partial charge in [0.1, 0.15) is 0 Å². The number of esters is 1. The van der Waals surface area contributed by atoms with Crippen LogP contribution in [0.1, 0.15) is 19.8 Å². The number of hydrogen-bond donors (Lipinski definition) is 2. The number of hydrogen-bond acceptors (Lipinski definition) is 4. The van der Waals surface area contributed by atoms with Crippen LogP contribution in [0.15, 0.2) is 0 Å². The molecule has 0 spiro atoms. The van der Waals surface area contributed by atoms with Gasteiger partial charge in [-0.2, -0.15) is 0 Å². The van der Waals surface area contributed by atoms with Crippen LogP contribution >= 0.6 is 12.4 Å². The van der Waals surface area contributed by atoms with Gasteiger partial charge in [-0.15, -0.1) is 12.4 Å². The van der Waals surface area contributed by atoms with Gasteiger partial charge in [-0.25, -0.2) is 0 Å². The topological polar surface area (TPSA) is 67.4 Å². The lowest BCUT2D eigenvalue weighted by Crippen LogP contribution is -2.50. The van der Waals surface area contributed by atoms with Crippen LogP contribution in [0.2, 0.25) is 0 Å². The van der Waals surface area contributed by atoms with Crippen molar-refractivity contribution in [3.8, 4) is 0 Å². The Morgan fingerprint density at radius 1 is 1.44 bits per heavy atom. The molecule has 0 aromatic heterocycles. The lowest BCUT2D eigenvalue weighted by atomic mass is 10.0. The van der Waals surface area contributed by atoms with Gasteiger partial charge in [0.05, 0.1) is 12.5 Å². The van der Waals surface area contributed by atoms with E-state index in [0.717, 1.165) is 13.1 Å². The van der Waals surface area contributed by atoms with E-state index in [9.17, 15) is 9.59 Å². The molecule has 0 unspecified atom stereocenters. The molecule has 1 amide bonds. The molecule has 16 heavy (non-hydrogen) atoms. The van der Waals surface area contributed by atoms with Crippen molar-refractivity contribution in [2.75, 3.05) is 26.2 Å². The van der Waals surface area contributed by atoms with Crippen molar-refractivity contribution < 1.29 is 14.3 Å². The Morgan fingerprint density at radius 2 is 2.12 bits per heavy atom. The third kappa shape index (κ3) is 5.32. The third-order valence-corrected chi connectivity index (χ3v) is 2.31. The summed E-state index contributed by atoms with van der Waals surface area (Å²) in [6, 6.07) is 0. The number of halogens is 1. The molecule has 94 valence electrons. The fourth-order valence-corrected chi connectivity index (χ4v) is 1.30. The molecule has 2 N–H and O–H groups in total. The number of rotatable bonds is 6. The summed E-state index contributed by atoms with van der Waals surface area (Å²) in [7, 11) is 0. The van der Waals surface area contributed by atoms with Crippen molar-refractivity contribution in [2.24, 2.45) is 5.92 Å². The van der Waals surface area contributed by atoms with Crippen molar-refractivity contribution >= 4 is 24.3 Å². The molecule has 0 bridgehead atoms. The van der Waals surface area contributed by atoms with E-state index in [1.807, 2.05) is 0 Å². The molecule has 1 saturated heterocycles. The average Bonchev–Trinajstić information content (AvgIpc) is 2.10. The Hall–Kier alpha value is -0.810. The smallest absolute Gasteiger partial charge is 0.305 e. The first-order chi connectivity index (χ1) is 7.24. The van der Waals surface area contributed by atoms with Crippen LogP contribution < -0.4 is 10.6 Å². The maximum atomic E-state index is 11.3. The highest BCUT2D eigenvalue weighted by molar-refractivity contribution is 5.85. The van der Waals surface area contributed by atoms with Crippen LogP contribution in [0.4, 0.5) is 0 Å². The molecule has 1 heterocycles. The summed E-state index contributed by atoms with van der Waals surface area (Å²) in [6.07, 6.45) is 1.02. The van der Waals surface area contributed by atoms with Gasteiger partial charge < -0.3 is 15.4 Å². The Morgan fingerprint density at radius 3 is 2.62 bits per heavy atom. The number of nitrogens with one attached hydrogen (secondary N) is 2. The van der Waals surface area contributed by atoms with E-state index < -0.39 is 0 Å². The number of ether oxygens (including phenoxy) is 1. The zero-order valence-corrected chi connectivity index (χ0v) is 10.3. The maximum Gasteiger partial charge on any atom is 0.305 e. The van der Waals surface area contributed by atoms with Gasteiger partial charge in [0.15, 0.2) is 0 Å². The molecule has 1 rings (SSSR count). The van der Waals surface area contributed by atoms with E-state index in [-0.39, 0.29) is 30.2 Å². The normalized spacial score (nSPS) is 14.6. The van der Waals surface area contributed by atoms with Gasteiger partial charge >= 0.3 is 5.97 Å². The van der Waals surface area contributed by atoms with Gasteiger partial charge in [0.25, 0.3) is 0 Å². The molecular weight excluding hydrogens is 232 g/mol. The summed E-state index contributed by atoms with van der Waals surface area (Å²) in [5, 5.41) is 5.83. The first-order valence-corrected chi connectivity index (χ1v) is 5.38. The Balaban J connectivity index is 0.00000225. The second-order valence-electron chi connectivity index (χ2n) is 3.55. The highest BCUT2D eigenvalue weighted by atomic mass is 35.5. The predicted octanol–water partition coefficient (Wildman–Crippen LogP) is 0.0871. The first-order valence-electron chi connectivity index (χ1n) is 5.38. The van der Waals surface area contributed by atoms with Gasteiger partial charge in [0.2, 0.25) is 5.91 Å². The fraction of sp³-hybridized carbons (Fsp3) is 0.800. The van der Waals surface area contributed by atoms with Crippen LogP contribution in [0.25, 0.3) is 0 Å². The van der Waals surface area contributed by atoms with Crippen LogP contribution in [0, 0.1) is 5.92 Å². The summed E-state index contributed by atoms with van der Waals surface area (Å²) >= 11 is 0. The van der Waals surface area contributed by atoms with E-state index in [0.29, 0.717) is 26.0 Å². The molecule has 0 aliphatic carbocycles. The van der Waals surface area contributed by atoms with Crippen molar-refractivity contribution in [3.05, 3.63) is 0 Å². The van der Waals surface area contributed by atoms with Crippen molar-refractivity contribution in [1.29, 1.82) is 0 Å². The molecule has 0 atom stereocenters. The zero-order chi connectivity index (χ0) is 11.1. The summed E-state index contributed by atoms with van der Waals surface area (Å²) in [6.45, 7) is 4.28. The van der Waals surface area contributed by atoms with Gasteiger partial charge in [-0.3, -0.25) is 9.59 Å². The van der Waals surface area contributed by atoms with Gasteiger partial charge in [0, 0.05) is 26.1 Å². The second kappa shape index (κ2) is 8.35. The van der Waals surface area contributed by atoms with E-state index in [1.54, 1.807) is 6.92 Å². The first kappa shape index (κ1) is 15.2. The van der Waals surface area contributed by atoms with Gasteiger partial charge in [-0.1, -0.05) is 0 Å². The number of amides is 1. The zero-order valence-electron chi connectivity index (χ0n) is 9.45. The van der Waals surface area contributed by atoms with Crippen LogP contribution in [-0.2, 0) is 14.3 Å². The standard InChI is InChI=1S/C10H18N2O3.ClH/c1-2-15-9(13)4-3-5-12-10(14)8-6-11-7-8;/h8,11H,2-7H2,1H3,(H,12,14);1H. The highest BCUT2D eigenvalue weighted by Crippen LogP contribution is 2.02. The van der Waals surface area contributed by atoms with Crippen LogP contribution in [-0.4, -0.2) is 38.1 Å². The summed E-state index contributed by atoms with van der Waals surface area (Å²) in [4.78, 5) is 22.3. The fourth-order valence-electron chi connectivity index (χ4n) is 1.30. The summed E-state index contributed by atoms with van der Waals surface area (Å²) in [5.41, 5.74) is 0. The van der Waals surface area contributed by atoms with Crippen molar-refractivity contribution in [2.45, 2.75) is 19.8 Å². The second-order valence-corrected chi connectivity index (χ2v) is 3.55. The molecule has 1 aliphatic heterocycles. The largest absolute Gasteiger partial charge is 0.466 e. The molecule has 1 aliphatic rings. The van der Waals surface area contributed by atoms with E-state index in [4.69, 9.17) is 4.74 Å². The molecule has 1 fully saturated rings. The van der Waals surface area contributed by atoms with E-state index >= 15 is 0 Å².